The summed E-state index contributed by atoms with van der Waals surface area (Å²) in [6, 6.07) is 10.8. The van der Waals surface area contributed by atoms with Crippen LogP contribution >= 0.6 is 0 Å². The van der Waals surface area contributed by atoms with E-state index in [0.29, 0.717) is 17.9 Å². The van der Waals surface area contributed by atoms with Crippen molar-refractivity contribution in [3.05, 3.63) is 35.9 Å². The Labute approximate surface area is 104 Å². The standard InChI is InChI=1S/C16H22O/c17-12-15-14(11-13-7-3-1-4-8-13)16(15)9-5-2-6-10-16/h1,3-4,7-8,14-15,17H,2,5-6,9-12H2/t14-,15-/m0/s1. The van der Waals surface area contributed by atoms with Crippen LogP contribution in [-0.4, -0.2) is 11.7 Å². The van der Waals surface area contributed by atoms with Crippen molar-refractivity contribution in [1.82, 2.24) is 0 Å². The quantitative estimate of drug-likeness (QED) is 0.843. The van der Waals surface area contributed by atoms with E-state index >= 15 is 0 Å². The number of aliphatic hydroxyl groups excluding tert-OH is 1. The maximum Gasteiger partial charge on any atom is 0.0467 e. The van der Waals surface area contributed by atoms with Crippen molar-refractivity contribution >= 4 is 0 Å². The summed E-state index contributed by atoms with van der Waals surface area (Å²) >= 11 is 0. The highest BCUT2D eigenvalue weighted by molar-refractivity contribution is 5.21. The molecule has 17 heavy (non-hydrogen) atoms. The van der Waals surface area contributed by atoms with Gasteiger partial charge in [-0.05, 0) is 42.1 Å². The van der Waals surface area contributed by atoms with Crippen molar-refractivity contribution in [3.63, 3.8) is 0 Å². The van der Waals surface area contributed by atoms with Crippen LogP contribution in [0.2, 0.25) is 0 Å². The lowest BCUT2D eigenvalue weighted by Crippen LogP contribution is -2.12. The molecule has 0 unspecified atom stereocenters. The predicted octanol–water partition coefficient (Wildman–Crippen LogP) is 3.42. The van der Waals surface area contributed by atoms with Gasteiger partial charge in [-0.1, -0.05) is 49.6 Å². The van der Waals surface area contributed by atoms with Crippen molar-refractivity contribution in [2.45, 2.75) is 38.5 Å². The van der Waals surface area contributed by atoms with Gasteiger partial charge in [0.2, 0.25) is 0 Å². The van der Waals surface area contributed by atoms with Gasteiger partial charge in [-0.2, -0.15) is 0 Å². The summed E-state index contributed by atoms with van der Waals surface area (Å²) in [6.07, 6.45) is 8.04. The second kappa shape index (κ2) is 4.45. The van der Waals surface area contributed by atoms with Gasteiger partial charge in [0.15, 0.2) is 0 Å². The van der Waals surface area contributed by atoms with E-state index in [9.17, 15) is 5.11 Å². The molecule has 1 aromatic rings. The molecule has 0 radical (unpaired) electrons. The molecule has 92 valence electrons. The molecule has 0 aliphatic heterocycles. The molecule has 1 spiro atoms. The van der Waals surface area contributed by atoms with Gasteiger partial charge >= 0.3 is 0 Å². The SMILES string of the molecule is OC[C@H]1[C@H](Cc2ccccc2)C12CCCCC2. The van der Waals surface area contributed by atoms with E-state index in [1.165, 1.54) is 44.1 Å². The summed E-state index contributed by atoms with van der Waals surface area (Å²) in [5, 5.41) is 9.57. The summed E-state index contributed by atoms with van der Waals surface area (Å²) in [6.45, 7) is 0.400. The first-order chi connectivity index (χ1) is 8.37. The highest BCUT2D eigenvalue weighted by atomic mass is 16.3. The van der Waals surface area contributed by atoms with Crippen molar-refractivity contribution in [2.75, 3.05) is 6.61 Å². The van der Waals surface area contributed by atoms with Gasteiger partial charge < -0.3 is 5.11 Å². The van der Waals surface area contributed by atoms with Crippen molar-refractivity contribution in [1.29, 1.82) is 0 Å². The normalized spacial score (nSPS) is 30.4. The second-order valence-corrected chi connectivity index (χ2v) is 5.88. The Kier molecular flexibility index (Phi) is 2.96. The topological polar surface area (TPSA) is 20.2 Å². The van der Waals surface area contributed by atoms with Gasteiger partial charge in [-0.3, -0.25) is 0 Å². The maximum absolute atomic E-state index is 9.57. The summed E-state index contributed by atoms with van der Waals surface area (Å²) in [4.78, 5) is 0. The smallest absolute Gasteiger partial charge is 0.0467 e. The fourth-order valence-corrected chi connectivity index (χ4v) is 4.14. The molecule has 0 aromatic heterocycles. The molecule has 2 aliphatic rings. The molecule has 0 heterocycles. The van der Waals surface area contributed by atoms with Crippen molar-refractivity contribution in [2.24, 2.45) is 17.3 Å². The lowest BCUT2D eigenvalue weighted by molar-refractivity contribution is 0.221. The molecular weight excluding hydrogens is 208 g/mol. The minimum Gasteiger partial charge on any atom is -0.396 e. The minimum atomic E-state index is 0.400. The lowest BCUT2D eigenvalue weighted by Gasteiger charge is -2.23. The second-order valence-electron chi connectivity index (χ2n) is 5.88. The third-order valence-electron chi connectivity index (χ3n) is 5.13. The van der Waals surface area contributed by atoms with Gasteiger partial charge in [-0.25, -0.2) is 0 Å². The van der Waals surface area contributed by atoms with Crippen LogP contribution < -0.4 is 0 Å². The van der Waals surface area contributed by atoms with Gasteiger partial charge in [0.25, 0.3) is 0 Å². The molecule has 1 aromatic carbocycles. The number of hydrogen-bond acceptors (Lipinski definition) is 1. The summed E-state index contributed by atoms with van der Waals surface area (Å²) in [7, 11) is 0. The number of aliphatic hydroxyl groups is 1. The maximum atomic E-state index is 9.57. The van der Waals surface area contributed by atoms with Gasteiger partial charge in [-0.15, -0.1) is 0 Å². The molecule has 0 saturated heterocycles. The molecule has 1 nitrogen and oxygen atoms in total. The zero-order valence-electron chi connectivity index (χ0n) is 10.4. The van der Waals surface area contributed by atoms with Crippen LogP contribution in [0.4, 0.5) is 0 Å². The Morgan fingerprint density at radius 1 is 1.00 bits per heavy atom. The molecule has 0 bridgehead atoms. The highest BCUT2D eigenvalue weighted by Gasteiger charge is 2.62. The van der Waals surface area contributed by atoms with Crippen molar-refractivity contribution < 1.29 is 5.11 Å². The Morgan fingerprint density at radius 2 is 1.71 bits per heavy atom. The molecule has 2 fully saturated rings. The Bertz CT molecular complexity index is 364. The number of hydrogen-bond donors (Lipinski definition) is 1. The highest BCUT2D eigenvalue weighted by Crippen LogP contribution is 2.66. The van der Waals surface area contributed by atoms with Gasteiger partial charge in [0.1, 0.15) is 0 Å². The number of rotatable bonds is 3. The van der Waals surface area contributed by atoms with E-state index in [4.69, 9.17) is 0 Å². The first-order valence-corrected chi connectivity index (χ1v) is 7.01. The van der Waals surface area contributed by atoms with Crippen LogP contribution in [0.25, 0.3) is 0 Å². The van der Waals surface area contributed by atoms with Gasteiger partial charge in [0, 0.05) is 6.61 Å². The van der Waals surface area contributed by atoms with E-state index in [-0.39, 0.29) is 0 Å². The molecule has 2 saturated carbocycles. The predicted molar refractivity (Wildman–Crippen MR) is 69.7 cm³/mol. The largest absolute Gasteiger partial charge is 0.396 e. The van der Waals surface area contributed by atoms with E-state index in [2.05, 4.69) is 30.3 Å². The lowest BCUT2D eigenvalue weighted by atomic mass is 9.82. The first kappa shape index (κ1) is 11.3. The molecule has 2 atom stereocenters. The third kappa shape index (κ3) is 1.91. The van der Waals surface area contributed by atoms with Gasteiger partial charge in [0.05, 0.1) is 0 Å². The molecule has 3 rings (SSSR count). The van der Waals surface area contributed by atoms with E-state index < -0.39 is 0 Å². The summed E-state index contributed by atoms with van der Waals surface area (Å²) in [5.74, 6) is 1.33. The molecule has 1 heteroatoms. The van der Waals surface area contributed by atoms with E-state index in [0.717, 1.165) is 5.92 Å². The zero-order chi connectivity index (χ0) is 11.7. The van der Waals surface area contributed by atoms with Crippen LogP contribution in [0, 0.1) is 17.3 Å². The third-order valence-corrected chi connectivity index (χ3v) is 5.13. The summed E-state index contributed by atoms with van der Waals surface area (Å²) < 4.78 is 0. The molecule has 0 amide bonds. The van der Waals surface area contributed by atoms with Crippen LogP contribution in [0.1, 0.15) is 37.7 Å². The van der Waals surface area contributed by atoms with Crippen molar-refractivity contribution in [3.8, 4) is 0 Å². The average Bonchev–Trinajstić information content (AvgIpc) is 2.96. The van der Waals surface area contributed by atoms with Crippen LogP contribution in [-0.2, 0) is 6.42 Å². The molecule has 1 N–H and O–H groups in total. The first-order valence-electron chi connectivity index (χ1n) is 7.01. The Morgan fingerprint density at radius 3 is 2.35 bits per heavy atom. The molecule has 2 aliphatic carbocycles. The Balaban J connectivity index is 1.71. The fraction of sp³-hybridized carbons (Fsp3) is 0.625. The van der Waals surface area contributed by atoms with Crippen LogP contribution in [0.5, 0.6) is 0 Å². The minimum absolute atomic E-state index is 0.400. The molecular formula is C16H22O. The summed E-state index contributed by atoms with van der Waals surface area (Å²) in [5.41, 5.74) is 1.96. The zero-order valence-corrected chi connectivity index (χ0v) is 10.4. The average molecular weight is 230 g/mol. The Hall–Kier alpha value is -0.820. The monoisotopic (exact) mass is 230 g/mol. The number of benzene rings is 1. The van der Waals surface area contributed by atoms with E-state index in [1.807, 2.05) is 0 Å². The van der Waals surface area contributed by atoms with Crippen LogP contribution in [0.15, 0.2) is 30.3 Å². The fourth-order valence-electron chi connectivity index (χ4n) is 4.14. The van der Waals surface area contributed by atoms with E-state index in [1.54, 1.807) is 0 Å². The van der Waals surface area contributed by atoms with Crippen LogP contribution in [0.3, 0.4) is 0 Å².